The Hall–Kier alpha value is -0.380. The first-order chi connectivity index (χ1) is 6.81. The van der Waals surface area contributed by atoms with Gasteiger partial charge in [-0.15, -0.1) is 11.3 Å². The van der Waals surface area contributed by atoms with E-state index < -0.39 is 0 Å². The van der Waals surface area contributed by atoms with Gasteiger partial charge in [-0.1, -0.05) is 0 Å². The average Bonchev–Trinajstić information content (AvgIpc) is 2.93. The second-order valence-corrected chi connectivity index (χ2v) is 5.02. The molecule has 0 amide bonds. The first-order valence-electron chi connectivity index (χ1n) is 5.28. The molecule has 0 radical (unpaired) electrons. The highest BCUT2D eigenvalue weighted by molar-refractivity contribution is 7.10. The first kappa shape index (κ1) is 10.1. The molecule has 3 heteroatoms. The van der Waals surface area contributed by atoms with Crippen molar-refractivity contribution in [1.82, 2.24) is 4.90 Å². The highest BCUT2D eigenvalue weighted by Gasteiger charge is 2.28. The van der Waals surface area contributed by atoms with Crippen molar-refractivity contribution < 1.29 is 0 Å². The fraction of sp³-hybridized carbons (Fsp3) is 0.636. The molecule has 2 rings (SSSR count). The van der Waals surface area contributed by atoms with Gasteiger partial charge < -0.3 is 5.73 Å². The van der Waals surface area contributed by atoms with Crippen LogP contribution >= 0.6 is 11.3 Å². The number of nitrogens with two attached hydrogens (primary N) is 1. The van der Waals surface area contributed by atoms with Crippen LogP contribution in [-0.4, -0.2) is 24.0 Å². The minimum absolute atomic E-state index is 0.779. The normalized spacial score (nSPS) is 16.5. The van der Waals surface area contributed by atoms with Gasteiger partial charge in [-0.05, 0) is 36.8 Å². The Bertz CT molecular complexity index is 291. The third kappa shape index (κ3) is 2.35. The fourth-order valence-electron chi connectivity index (χ4n) is 1.75. The van der Waals surface area contributed by atoms with Gasteiger partial charge in [0.15, 0.2) is 0 Å². The van der Waals surface area contributed by atoms with Gasteiger partial charge in [0.2, 0.25) is 0 Å². The van der Waals surface area contributed by atoms with Crippen LogP contribution in [0.3, 0.4) is 0 Å². The summed E-state index contributed by atoms with van der Waals surface area (Å²) in [6.07, 6.45) is 2.73. The number of hydrogen-bond donors (Lipinski definition) is 1. The molecule has 1 aromatic heterocycles. The van der Waals surface area contributed by atoms with Crippen molar-refractivity contribution >= 4 is 11.3 Å². The van der Waals surface area contributed by atoms with E-state index in [9.17, 15) is 0 Å². The number of thiophene rings is 1. The predicted molar refractivity (Wildman–Crippen MR) is 61.5 cm³/mol. The lowest BCUT2D eigenvalue weighted by Gasteiger charge is -2.20. The zero-order valence-electron chi connectivity index (χ0n) is 8.70. The van der Waals surface area contributed by atoms with Crippen LogP contribution in [0, 0.1) is 6.92 Å². The van der Waals surface area contributed by atoms with Gasteiger partial charge in [0.1, 0.15) is 0 Å². The van der Waals surface area contributed by atoms with Gasteiger partial charge >= 0.3 is 0 Å². The molecule has 1 saturated carbocycles. The molecule has 1 aliphatic carbocycles. The lowest BCUT2D eigenvalue weighted by Crippen LogP contribution is -2.30. The Kier molecular flexibility index (Phi) is 3.21. The van der Waals surface area contributed by atoms with Crippen LogP contribution < -0.4 is 5.73 Å². The van der Waals surface area contributed by atoms with E-state index in [0.717, 1.165) is 25.7 Å². The molecule has 1 aromatic rings. The molecular formula is C11H18N2S. The molecule has 78 valence electrons. The molecular weight excluding hydrogens is 192 g/mol. The SMILES string of the molecule is Cc1ccsc1CN(CCN)C1CC1. The number of rotatable bonds is 5. The van der Waals surface area contributed by atoms with E-state index in [1.807, 2.05) is 11.3 Å². The molecule has 0 bridgehead atoms. The molecule has 2 N–H and O–H groups in total. The maximum atomic E-state index is 5.62. The minimum Gasteiger partial charge on any atom is -0.329 e. The zero-order valence-corrected chi connectivity index (χ0v) is 9.52. The van der Waals surface area contributed by atoms with Crippen molar-refractivity contribution in [2.45, 2.75) is 32.4 Å². The molecule has 0 spiro atoms. The summed E-state index contributed by atoms with van der Waals surface area (Å²) in [5, 5.41) is 2.18. The Labute approximate surface area is 89.7 Å². The molecule has 2 nitrogen and oxygen atoms in total. The van der Waals surface area contributed by atoms with Gasteiger partial charge in [-0.25, -0.2) is 0 Å². The van der Waals surface area contributed by atoms with Crippen molar-refractivity contribution in [1.29, 1.82) is 0 Å². The summed E-state index contributed by atoms with van der Waals surface area (Å²) in [6.45, 7) is 5.12. The number of hydrogen-bond acceptors (Lipinski definition) is 3. The first-order valence-corrected chi connectivity index (χ1v) is 6.16. The van der Waals surface area contributed by atoms with Crippen LogP contribution in [0.4, 0.5) is 0 Å². The molecule has 0 atom stereocenters. The van der Waals surface area contributed by atoms with Crippen LogP contribution in [0.2, 0.25) is 0 Å². The van der Waals surface area contributed by atoms with Gasteiger partial charge in [0.05, 0.1) is 0 Å². The van der Waals surface area contributed by atoms with Gasteiger partial charge in [0, 0.05) is 30.6 Å². The standard InChI is InChI=1S/C11H18N2S/c1-9-4-7-14-11(9)8-13(6-5-12)10-2-3-10/h4,7,10H,2-3,5-6,8,12H2,1H3. The second-order valence-electron chi connectivity index (χ2n) is 4.02. The Morgan fingerprint density at radius 2 is 2.36 bits per heavy atom. The smallest absolute Gasteiger partial charge is 0.0334 e. The molecule has 14 heavy (non-hydrogen) atoms. The van der Waals surface area contributed by atoms with Crippen LogP contribution in [0.5, 0.6) is 0 Å². The topological polar surface area (TPSA) is 29.3 Å². The number of nitrogens with zero attached hydrogens (tertiary/aromatic N) is 1. The highest BCUT2D eigenvalue weighted by atomic mass is 32.1. The average molecular weight is 210 g/mol. The Morgan fingerprint density at radius 1 is 1.57 bits per heavy atom. The van der Waals surface area contributed by atoms with E-state index in [1.54, 1.807) is 0 Å². The monoisotopic (exact) mass is 210 g/mol. The summed E-state index contributed by atoms with van der Waals surface area (Å²) < 4.78 is 0. The van der Waals surface area contributed by atoms with Gasteiger partial charge in [-0.2, -0.15) is 0 Å². The maximum absolute atomic E-state index is 5.62. The summed E-state index contributed by atoms with van der Waals surface area (Å²) in [4.78, 5) is 4.03. The zero-order chi connectivity index (χ0) is 9.97. The van der Waals surface area contributed by atoms with Crippen LogP contribution in [0.1, 0.15) is 23.3 Å². The minimum atomic E-state index is 0.779. The lowest BCUT2D eigenvalue weighted by atomic mass is 10.2. The van der Waals surface area contributed by atoms with Crippen molar-refractivity contribution in [3.8, 4) is 0 Å². The summed E-state index contributed by atoms with van der Waals surface area (Å²) >= 11 is 1.87. The van der Waals surface area contributed by atoms with Crippen LogP contribution in [0.25, 0.3) is 0 Å². The van der Waals surface area contributed by atoms with Crippen molar-refractivity contribution in [3.63, 3.8) is 0 Å². The van der Waals surface area contributed by atoms with Crippen molar-refractivity contribution in [3.05, 3.63) is 21.9 Å². The van der Waals surface area contributed by atoms with Gasteiger partial charge in [-0.3, -0.25) is 4.90 Å². The van der Waals surface area contributed by atoms with Crippen LogP contribution in [-0.2, 0) is 6.54 Å². The van der Waals surface area contributed by atoms with Crippen molar-refractivity contribution in [2.75, 3.05) is 13.1 Å². The molecule has 1 aliphatic rings. The highest BCUT2D eigenvalue weighted by Crippen LogP contribution is 2.29. The summed E-state index contributed by atoms with van der Waals surface area (Å²) in [7, 11) is 0. The number of aryl methyl sites for hydroxylation is 1. The second kappa shape index (κ2) is 4.43. The summed E-state index contributed by atoms with van der Waals surface area (Å²) in [5.74, 6) is 0. The van der Waals surface area contributed by atoms with Gasteiger partial charge in [0.25, 0.3) is 0 Å². The summed E-state index contributed by atoms with van der Waals surface area (Å²) in [5.41, 5.74) is 7.05. The Balaban J connectivity index is 1.96. The van der Waals surface area contributed by atoms with E-state index >= 15 is 0 Å². The lowest BCUT2D eigenvalue weighted by molar-refractivity contribution is 0.264. The van der Waals surface area contributed by atoms with Crippen molar-refractivity contribution in [2.24, 2.45) is 5.73 Å². The summed E-state index contributed by atoms with van der Waals surface area (Å²) in [6, 6.07) is 3.02. The quantitative estimate of drug-likeness (QED) is 0.805. The molecule has 0 aliphatic heterocycles. The van der Waals surface area contributed by atoms with E-state index in [1.165, 1.54) is 23.3 Å². The van der Waals surface area contributed by atoms with E-state index in [4.69, 9.17) is 5.73 Å². The van der Waals surface area contributed by atoms with E-state index in [2.05, 4.69) is 23.3 Å². The largest absolute Gasteiger partial charge is 0.329 e. The molecule has 0 saturated heterocycles. The molecule has 0 aromatic carbocycles. The van der Waals surface area contributed by atoms with Crippen LogP contribution in [0.15, 0.2) is 11.4 Å². The predicted octanol–water partition coefficient (Wildman–Crippen LogP) is 1.98. The maximum Gasteiger partial charge on any atom is 0.0334 e. The molecule has 1 fully saturated rings. The van der Waals surface area contributed by atoms with E-state index in [-0.39, 0.29) is 0 Å². The molecule has 0 unspecified atom stereocenters. The van der Waals surface area contributed by atoms with E-state index in [0.29, 0.717) is 0 Å². The fourth-order valence-corrected chi connectivity index (χ4v) is 2.68. The Morgan fingerprint density at radius 3 is 2.86 bits per heavy atom. The molecule has 1 heterocycles. The third-order valence-electron chi connectivity index (χ3n) is 2.79. The third-order valence-corrected chi connectivity index (χ3v) is 3.80.